The van der Waals surface area contributed by atoms with E-state index in [1.807, 2.05) is 39.0 Å². The Labute approximate surface area is 127 Å². The van der Waals surface area contributed by atoms with Gasteiger partial charge in [0.1, 0.15) is 0 Å². The summed E-state index contributed by atoms with van der Waals surface area (Å²) in [7, 11) is 4.94. The van der Waals surface area contributed by atoms with Gasteiger partial charge < -0.3 is 20.1 Å². The molecule has 0 aromatic heterocycles. The highest BCUT2D eigenvalue weighted by Crippen LogP contribution is 2.28. The lowest BCUT2D eigenvalue weighted by Gasteiger charge is -2.30. The second-order valence-corrected chi connectivity index (χ2v) is 6.23. The van der Waals surface area contributed by atoms with Gasteiger partial charge in [-0.15, -0.1) is 0 Å². The molecular formula is C16H26N2O3. The molecule has 0 aliphatic heterocycles. The minimum absolute atomic E-state index is 0.0720. The molecule has 1 amide bonds. The number of ether oxygens (including phenoxy) is 2. The van der Waals surface area contributed by atoms with Crippen molar-refractivity contribution in [3.05, 3.63) is 23.8 Å². The third kappa shape index (κ3) is 4.36. The van der Waals surface area contributed by atoms with Gasteiger partial charge in [-0.2, -0.15) is 0 Å². The Hall–Kier alpha value is -1.75. The van der Waals surface area contributed by atoms with Crippen LogP contribution in [0.3, 0.4) is 0 Å². The predicted molar refractivity (Wildman–Crippen MR) is 83.5 cm³/mol. The highest BCUT2D eigenvalue weighted by molar-refractivity contribution is 5.82. The smallest absolute Gasteiger partial charge is 0.240 e. The van der Waals surface area contributed by atoms with Crippen LogP contribution in [0.1, 0.15) is 26.3 Å². The predicted octanol–water partition coefficient (Wildman–Crippen LogP) is 2.04. The molecule has 0 aliphatic rings. The highest BCUT2D eigenvalue weighted by atomic mass is 16.5. The van der Waals surface area contributed by atoms with E-state index in [9.17, 15) is 4.79 Å². The van der Waals surface area contributed by atoms with Gasteiger partial charge in [0.2, 0.25) is 5.91 Å². The molecule has 0 unspecified atom stereocenters. The van der Waals surface area contributed by atoms with Crippen LogP contribution in [0.2, 0.25) is 0 Å². The number of benzene rings is 1. The first-order valence-corrected chi connectivity index (χ1v) is 6.92. The van der Waals surface area contributed by atoms with Gasteiger partial charge in [0.25, 0.3) is 0 Å². The zero-order valence-corrected chi connectivity index (χ0v) is 13.8. The van der Waals surface area contributed by atoms with Crippen LogP contribution < -0.4 is 15.2 Å². The summed E-state index contributed by atoms with van der Waals surface area (Å²) in [5, 5.41) is 0. The van der Waals surface area contributed by atoms with Gasteiger partial charge in [0, 0.05) is 13.6 Å². The first kappa shape index (κ1) is 17.3. The van der Waals surface area contributed by atoms with E-state index in [4.69, 9.17) is 15.2 Å². The molecule has 1 aromatic rings. The third-order valence-corrected chi connectivity index (χ3v) is 3.44. The number of carbonyl (C=O) groups is 1. The Morgan fingerprint density at radius 2 is 1.81 bits per heavy atom. The summed E-state index contributed by atoms with van der Waals surface area (Å²) in [6.45, 7) is 6.35. The number of likely N-dealkylation sites (N-methyl/N-ethyl adjacent to an activating group) is 1. The van der Waals surface area contributed by atoms with Crippen molar-refractivity contribution < 1.29 is 14.3 Å². The fraction of sp³-hybridized carbons (Fsp3) is 0.562. The number of nitrogens with zero attached hydrogens (tertiary/aromatic N) is 1. The summed E-state index contributed by atoms with van der Waals surface area (Å²) in [5.41, 5.74) is 6.72. The maximum Gasteiger partial charge on any atom is 0.240 e. The molecule has 0 aliphatic carbocycles. The molecule has 1 aromatic carbocycles. The number of nitrogens with two attached hydrogens (primary N) is 1. The second-order valence-electron chi connectivity index (χ2n) is 6.23. The Bertz CT molecular complexity index is 495. The van der Waals surface area contributed by atoms with E-state index in [1.54, 1.807) is 26.2 Å². The van der Waals surface area contributed by atoms with Crippen molar-refractivity contribution in [3.8, 4) is 11.5 Å². The van der Waals surface area contributed by atoms with Crippen molar-refractivity contribution in [3.63, 3.8) is 0 Å². The Kier molecular flexibility index (Phi) is 5.61. The molecule has 5 heteroatoms. The fourth-order valence-corrected chi connectivity index (χ4v) is 1.94. The Balaban J connectivity index is 2.84. The van der Waals surface area contributed by atoms with Gasteiger partial charge in [0.15, 0.2) is 11.5 Å². The van der Waals surface area contributed by atoms with Crippen molar-refractivity contribution in [1.82, 2.24) is 4.90 Å². The number of hydrogen-bond donors (Lipinski definition) is 1. The minimum atomic E-state index is -0.525. The number of hydrogen-bond acceptors (Lipinski definition) is 4. The van der Waals surface area contributed by atoms with Gasteiger partial charge in [-0.3, -0.25) is 4.79 Å². The van der Waals surface area contributed by atoms with Crippen LogP contribution in [0.5, 0.6) is 11.5 Å². The fourth-order valence-electron chi connectivity index (χ4n) is 1.94. The number of amides is 1. The van der Waals surface area contributed by atoms with Crippen molar-refractivity contribution in [1.29, 1.82) is 0 Å². The quantitative estimate of drug-likeness (QED) is 0.902. The van der Waals surface area contributed by atoms with E-state index in [-0.39, 0.29) is 11.3 Å². The summed E-state index contributed by atoms with van der Waals surface area (Å²) in [5.74, 6) is 1.25. The van der Waals surface area contributed by atoms with Gasteiger partial charge in [0.05, 0.1) is 20.3 Å². The van der Waals surface area contributed by atoms with Crippen LogP contribution in [0.25, 0.3) is 0 Å². The zero-order valence-electron chi connectivity index (χ0n) is 13.8. The van der Waals surface area contributed by atoms with E-state index in [2.05, 4.69) is 0 Å². The molecule has 5 nitrogen and oxygen atoms in total. The average molecular weight is 294 g/mol. The van der Waals surface area contributed by atoms with E-state index < -0.39 is 6.04 Å². The lowest BCUT2D eigenvalue weighted by atomic mass is 9.86. The lowest BCUT2D eigenvalue weighted by Crippen LogP contribution is -2.48. The van der Waals surface area contributed by atoms with Gasteiger partial charge in [-0.25, -0.2) is 0 Å². The molecule has 21 heavy (non-hydrogen) atoms. The Morgan fingerprint density at radius 3 is 2.29 bits per heavy atom. The van der Waals surface area contributed by atoms with Gasteiger partial charge in [-0.1, -0.05) is 26.8 Å². The summed E-state index contributed by atoms with van der Waals surface area (Å²) in [6.07, 6.45) is 0. The summed E-state index contributed by atoms with van der Waals surface area (Å²) in [4.78, 5) is 14.0. The van der Waals surface area contributed by atoms with Gasteiger partial charge in [-0.05, 0) is 23.1 Å². The van der Waals surface area contributed by atoms with Crippen LogP contribution >= 0.6 is 0 Å². The van der Waals surface area contributed by atoms with Crippen molar-refractivity contribution in [2.24, 2.45) is 11.1 Å². The SMILES string of the molecule is COc1ccc(CN(C)C(=O)[C@@H](N)C(C)(C)C)cc1OC. The van der Waals surface area contributed by atoms with Crippen molar-refractivity contribution in [2.75, 3.05) is 21.3 Å². The first-order valence-electron chi connectivity index (χ1n) is 6.92. The molecule has 1 atom stereocenters. The van der Waals surface area contributed by atoms with E-state index in [1.165, 1.54) is 0 Å². The van der Waals surface area contributed by atoms with Crippen LogP contribution in [0.15, 0.2) is 18.2 Å². The molecule has 0 saturated carbocycles. The maximum atomic E-state index is 12.3. The molecule has 0 radical (unpaired) electrons. The van der Waals surface area contributed by atoms with E-state index in [0.717, 1.165) is 5.56 Å². The normalized spacial score (nSPS) is 12.7. The zero-order chi connectivity index (χ0) is 16.2. The minimum Gasteiger partial charge on any atom is -0.493 e. The summed E-state index contributed by atoms with van der Waals surface area (Å²) < 4.78 is 10.5. The molecule has 118 valence electrons. The highest BCUT2D eigenvalue weighted by Gasteiger charge is 2.29. The maximum absolute atomic E-state index is 12.3. The molecule has 0 saturated heterocycles. The topological polar surface area (TPSA) is 64.8 Å². The van der Waals surface area contributed by atoms with Crippen LogP contribution in [-0.2, 0) is 11.3 Å². The van der Waals surface area contributed by atoms with Crippen LogP contribution in [0, 0.1) is 5.41 Å². The first-order chi connectivity index (χ1) is 9.70. The molecule has 1 rings (SSSR count). The summed E-state index contributed by atoms with van der Waals surface area (Å²) in [6, 6.07) is 5.08. The molecular weight excluding hydrogens is 268 g/mol. The lowest BCUT2D eigenvalue weighted by molar-refractivity contribution is -0.134. The van der Waals surface area contributed by atoms with Gasteiger partial charge >= 0.3 is 0 Å². The molecule has 0 heterocycles. The van der Waals surface area contributed by atoms with Crippen LogP contribution in [-0.4, -0.2) is 38.1 Å². The standard InChI is InChI=1S/C16H26N2O3/c1-16(2,3)14(17)15(19)18(4)10-11-7-8-12(20-5)13(9-11)21-6/h7-9,14H,10,17H2,1-6H3/t14-/m1/s1. The molecule has 0 spiro atoms. The number of rotatable bonds is 5. The van der Waals surface area contributed by atoms with E-state index in [0.29, 0.717) is 18.0 Å². The molecule has 2 N–H and O–H groups in total. The second kappa shape index (κ2) is 6.80. The van der Waals surface area contributed by atoms with Crippen molar-refractivity contribution >= 4 is 5.91 Å². The average Bonchev–Trinajstić information content (AvgIpc) is 2.44. The monoisotopic (exact) mass is 294 g/mol. The third-order valence-electron chi connectivity index (χ3n) is 3.44. The molecule has 0 fully saturated rings. The number of carbonyl (C=O) groups excluding carboxylic acids is 1. The van der Waals surface area contributed by atoms with Crippen molar-refractivity contribution in [2.45, 2.75) is 33.4 Å². The largest absolute Gasteiger partial charge is 0.493 e. The molecule has 0 bridgehead atoms. The van der Waals surface area contributed by atoms with Crippen LogP contribution in [0.4, 0.5) is 0 Å². The summed E-state index contributed by atoms with van der Waals surface area (Å²) >= 11 is 0. The Morgan fingerprint density at radius 1 is 1.24 bits per heavy atom. The van der Waals surface area contributed by atoms with E-state index >= 15 is 0 Å². The number of methoxy groups -OCH3 is 2.